The normalized spacial score (nSPS) is 11.7. The first-order chi connectivity index (χ1) is 17.1. The fourth-order valence-corrected chi connectivity index (χ4v) is 4.81. The molecule has 0 bridgehead atoms. The average molecular weight is 485 g/mol. The maximum absolute atomic E-state index is 13.7. The number of ether oxygens (including phenoxy) is 2. The summed E-state index contributed by atoms with van der Waals surface area (Å²) >= 11 is 1.46. The van der Waals surface area contributed by atoms with E-state index in [0.717, 1.165) is 32.8 Å². The van der Waals surface area contributed by atoms with Crippen molar-refractivity contribution in [1.82, 2.24) is 14.8 Å². The Kier molecular flexibility index (Phi) is 6.20. The molecular weight excluding hydrogens is 460 g/mol. The predicted molar refractivity (Wildman–Crippen MR) is 140 cm³/mol. The first-order valence-electron chi connectivity index (χ1n) is 11.1. The number of nitrogens with zero attached hydrogens (tertiary/aromatic N) is 3. The summed E-state index contributed by atoms with van der Waals surface area (Å²) in [6.45, 7) is 2.29. The van der Waals surface area contributed by atoms with Crippen molar-refractivity contribution in [2.24, 2.45) is 4.99 Å². The molecule has 3 aromatic carbocycles. The second-order valence-electron chi connectivity index (χ2n) is 7.95. The molecule has 0 saturated heterocycles. The Balaban J connectivity index is 1.61. The van der Waals surface area contributed by atoms with Gasteiger partial charge in [0.1, 0.15) is 11.5 Å². The lowest BCUT2D eigenvalue weighted by Crippen LogP contribution is -2.19. The second kappa shape index (κ2) is 9.60. The third-order valence-corrected chi connectivity index (χ3v) is 6.76. The number of hydrogen-bond donors (Lipinski definition) is 1. The lowest BCUT2D eigenvalue weighted by atomic mass is 10.0. The topological polar surface area (TPSA) is 81.5 Å². The Morgan fingerprint density at radius 3 is 2.51 bits per heavy atom. The molecule has 0 aliphatic carbocycles. The molecule has 0 radical (unpaired) electrons. The van der Waals surface area contributed by atoms with Crippen LogP contribution in [-0.2, 0) is 6.54 Å². The molecule has 5 aromatic rings. The van der Waals surface area contributed by atoms with E-state index in [1.807, 2.05) is 79.7 Å². The molecule has 0 aliphatic rings. The van der Waals surface area contributed by atoms with Crippen LogP contribution in [0.5, 0.6) is 11.5 Å². The molecule has 0 unspecified atom stereocenters. The van der Waals surface area contributed by atoms with Crippen molar-refractivity contribution < 1.29 is 9.47 Å². The van der Waals surface area contributed by atoms with Gasteiger partial charge in [-0.15, -0.1) is 0 Å². The molecule has 0 atom stereocenters. The molecule has 2 heterocycles. The van der Waals surface area contributed by atoms with Crippen molar-refractivity contribution in [3.05, 3.63) is 94.3 Å². The average Bonchev–Trinajstić information content (AvgIpc) is 3.48. The van der Waals surface area contributed by atoms with E-state index in [1.165, 1.54) is 16.0 Å². The van der Waals surface area contributed by atoms with Crippen molar-refractivity contribution in [1.29, 1.82) is 0 Å². The number of aromatic amines is 1. The number of aliphatic imine (C=N–C) groups is 1. The van der Waals surface area contributed by atoms with Crippen molar-refractivity contribution >= 4 is 27.3 Å². The zero-order valence-electron chi connectivity index (χ0n) is 19.6. The van der Waals surface area contributed by atoms with Gasteiger partial charge < -0.3 is 9.47 Å². The van der Waals surface area contributed by atoms with E-state index >= 15 is 0 Å². The Morgan fingerprint density at radius 1 is 1.00 bits per heavy atom. The monoisotopic (exact) mass is 484 g/mol. The molecule has 0 spiro atoms. The van der Waals surface area contributed by atoms with E-state index in [1.54, 1.807) is 14.2 Å². The summed E-state index contributed by atoms with van der Waals surface area (Å²) in [4.78, 5) is 23.1. The van der Waals surface area contributed by atoms with Gasteiger partial charge in [-0.3, -0.25) is 14.9 Å². The molecule has 1 N–H and O–H groups in total. The van der Waals surface area contributed by atoms with Crippen LogP contribution in [0, 0.1) is 0 Å². The number of para-hydroxylation sites is 1. The lowest BCUT2D eigenvalue weighted by molar-refractivity contribution is 0.414. The minimum atomic E-state index is -0.193. The number of aromatic nitrogens is 3. The van der Waals surface area contributed by atoms with Crippen LogP contribution in [0.4, 0.5) is 0 Å². The van der Waals surface area contributed by atoms with E-state index in [2.05, 4.69) is 10.1 Å². The molecular formula is C27H24N4O3S. The van der Waals surface area contributed by atoms with Crippen LogP contribution in [0.1, 0.15) is 18.1 Å². The molecule has 0 saturated carbocycles. The van der Waals surface area contributed by atoms with Gasteiger partial charge in [-0.05, 0) is 61.0 Å². The van der Waals surface area contributed by atoms with Crippen LogP contribution in [0.25, 0.3) is 26.6 Å². The number of H-pyrrole nitrogens is 1. The van der Waals surface area contributed by atoms with Crippen LogP contribution in [-0.4, -0.2) is 34.7 Å². The van der Waals surface area contributed by atoms with Gasteiger partial charge in [0.15, 0.2) is 0 Å². The summed E-state index contributed by atoms with van der Waals surface area (Å²) in [6.07, 6.45) is 0. The van der Waals surface area contributed by atoms with E-state index < -0.39 is 0 Å². The van der Waals surface area contributed by atoms with Crippen LogP contribution < -0.4 is 15.0 Å². The molecule has 5 rings (SSSR count). The van der Waals surface area contributed by atoms with Gasteiger partial charge >= 0.3 is 0 Å². The van der Waals surface area contributed by atoms with Gasteiger partial charge in [-0.1, -0.05) is 35.6 Å². The zero-order chi connectivity index (χ0) is 24.4. The van der Waals surface area contributed by atoms with Gasteiger partial charge in [-0.25, -0.2) is 4.98 Å². The third kappa shape index (κ3) is 4.48. The quantitative estimate of drug-likeness (QED) is 0.311. The van der Waals surface area contributed by atoms with Crippen molar-refractivity contribution in [3.63, 3.8) is 0 Å². The van der Waals surface area contributed by atoms with Crippen molar-refractivity contribution in [3.8, 4) is 27.9 Å². The highest BCUT2D eigenvalue weighted by Crippen LogP contribution is 2.27. The summed E-state index contributed by atoms with van der Waals surface area (Å²) in [5, 5.41) is 3.87. The van der Waals surface area contributed by atoms with Crippen LogP contribution in [0.3, 0.4) is 0 Å². The lowest BCUT2D eigenvalue weighted by Gasteiger charge is -2.05. The van der Waals surface area contributed by atoms with Gasteiger partial charge in [0, 0.05) is 11.3 Å². The number of nitrogens with one attached hydrogen (secondary N) is 1. The van der Waals surface area contributed by atoms with E-state index in [4.69, 9.17) is 14.5 Å². The van der Waals surface area contributed by atoms with Crippen LogP contribution >= 0.6 is 11.3 Å². The van der Waals surface area contributed by atoms with Crippen LogP contribution in [0.15, 0.2) is 82.6 Å². The molecule has 7 nitrogen and oxygen atoms in total. The standard InChI is InChI=1S/C27H24N4O3S/c1-17(28-16-18-7-6-8-21(15-18)34-3)24-25(19-11-13-20(33-2)14-12-19)30-31(26(24)32)27-29-22-9-4-5-10-23(22)35-27/h4-15,30H,16H2,1-3H3. The summed E-state index contributed by atoms with van der Waals surface area (Å²) in [6, 6.07) is 23.2. The first kappa shape index (κ1) is 22.6. The Bertz CT molecular complexity index is 1550. The summed E-state index contributed by atoms with van der Waals surface area (Å²) in [5.74, 6) is 1.51. The Morgan fingerprint density at radius 2 is 1.77 bits per heavy atom. The smallest absolute Gasteiger partial charge is 0.283 e. The molecule has 0 aliphatic heterocycles. The number of fused-ring (bicyclic) bond motifs is 1. The summed E-state index contributed by atoms with van der Waals surface area (Å²) in [7, 11) is 3.26. The Labute approximate surface area is 206 Å². The highest BCUT2D eigenvalue weighted by Gasteiger charge is 2.21. The van der Waals surface area contributed by atoms with E-state index in [-0.39, 0.29) is 5.56 Å². The van der Waals surface area contributed by atoms with Gasteiger partial charge in [-0.2, -0.15) is 4.68 Å². The summed E-state index contributed by atoms with van der Waals surface area (Å²) < 4.78 is 13.1. The van der Waals surface area contributed by atoms with E-state index in [0.29, 0.717) is 28.6 Å². The second-order valence-corrected chi connectivity index (χ2v) is 8.96. The first-order valence-corrected chi connectivity index (χ1v) is 11.9. The molecule has 2 aromatic heterocycles. The molecule has 176 valence electrons. The predicted octanol–water partition coefficient (Wildman–Crippen LogP) is 5.47. The SMILES string of the molecule is COc1ccc(-c2[nH]n(-c3nc4ccccc4s3)c(=O)c2C(C)=NCc2cccc(OC)c2)cc1. The minimum absolute atomic E-state index is 0.193. The number of rotatable bonds is 7. The number of methoxy groups -OCH3 is 2. The largest absolute Gasteiger partial charge is 0.497 e. The highest BCUT2D eigenvalue weighted by molar-refractivity contribution is 7.20. The van der Waals surface area contributed by atoms with Gasteiger partial charge in [0.25, 0.3) is 5.56 Å². The molecule has 35 heavy (non-hydrogen) atoms. The summed E-state index contributed by atoms with van der Waals surface area (Å²) in [5.41, 5.74) is 4.35. The number of thiazole rings is 1. The van der Waals surface area contributed by atoms with Gasteiger partial charge in [0.05, 0.1) is 42.2 Å². The fourth-order valence-electron chi connectivity index (χ4n) is 3.89. The van der Waals surface area contributed by atoms with E-state index in [9.17, 15) is 4.79 Å². The maximum atomic E-state index is 13.7. The Hall–Kier alpha value is -4.17. The minimum Gasteiger partial charge on any atom is -0.497 e. The molecule has 8 heteroatoms. The van der Waals surface area contributed by atoms with Crippen molar-refractivity contribution in [2.75, 3.05) is 14.2 Å². The fraction of sp³-hybridized carbons (Fsp3) is 0.148. The zero-order valence-corrected chi connectivity index (χ0v) is 20.4. The number of benzene rings is 3. The number of hydrogen-bond acceptors (Lipinski definition) is 6. The third-order valence-electron chi connectivity index (χ3n) is 5.74. The molecule has 0 fully saturated rings. The van der Waals surface area contributed by atoms with Gasteiger partial charge in [0.2, 0.25) is 5.13 Å². The molecule has 0 amide bonds. The van der Waals surface area contributed by atoms with Crippen LogP contribution in [0.2, 0.25) is 0 Å². The highest BCUT2D eigenvalue weighted by atomic mass is 32.1. The maximum Gasteiger partial charge on any atom is 0.283 e. The van der Waals surface area contributed by atoms with Crippen molar-refractivity contribution in [2.45, 2.75) is 13.5 Å².